The fourth-order valence-electron chi connectivity index (χ4n) is 0.708. The van der Waals surface area contributed by atoms with E-state index in [1.807, 2.05) is 0 Å². The van der Waals surface area contributed by atoms with Gasteiger partial charge in [0.25, 0.3) is 0 Å². The van der Waals surface area contributed by atoms with Crippen molar-refractivity contribution in [3.8, 4) is 0 Å². The van der Waals surface area contributed by atoms with Gasteiger partial charge in [0.15, 0.2) is 0 Å². The third-order valence-corrected chi connectivity index (χ3v) is 3.45. The third kappa shape index (κ3) is 0.901. The van der Waals surface area contributed by atoms with Crippen LogP contribution in [0.1, 0.15) is 13.8 Å². The number of hydrogen-bond donors (Lipinski definition) is 0. The molecule has 1 fully saturated rings. The molecule has 0 saturated carbocycles. The van der Waals surface area contributed by atoms with E-state index in [9.17, 15) is 13.2 Å². The summed E-state index contributed by atoms with van der Waals surface area (Å²) in [6.07, 6.45) is 0. The van der Waals surface area contributed by atoms with E-state index in [2.05, 4.69) is 4.18 Å². The Balaban J connectivity index is 3.04. The van der Waals surface area contributed by atoms with Crippen LogP contribution in [0, 0.1) is 5.92 Å². The van der Waals surface area contributed by atoms with Crippen molar-refractivity contribution in [2.75, 3.05) is 0 Å². The summed E-state index contributed by atoms with van der Waals surface area (Å²) in [4.78, 5) is 10.6. The first-order valence-electron chi connectivity index (χ1n) is 2.92. The third-order valence-electron chi connectivity index (χ3n) is 1.73. The Labute approximate surface area is 59.3 Å². The highest BCUT2D eigenvalue weighted by atomic mass is 32.2. The summed E-state index contributed by atoms with van der Waals surface area (Å²) in [6.45, 7) is 3.00. The van der Waals surface area contributed by atoms with E-state index in [1.165, 1.54) is 13.8 Å². The van der Waals surface area contributed by atoms with Crippen LogP contribution < -0.4 is 0 Å². The molecule has 0 N–H and O–H groups in total. The molecule has 1 heterocycles. The van der Waals surface area contributed by atoms with Gasteiger partial charge in [0, 0.05) is 0 Å². The summed E-state index contributed by atoms with van der Waals surface area (Å²) in [5.41, 5.74) is 0. The van der Waals surface area contributed by atoms with Crippen molar-refractivity contribution >= 4 is 16.1 Å². The molecule has 4 nitrogen and oxygen atoms in total. The summed E-state index contributed by atoms with van der Waals surface area (Å²) in [5, 5.41) is -0.694. The van der Waals surface area contributed by atoms with Gasteiger partial charge in [0.2, 0.25) is 0 Å². The van der Waals surface area contributed by atoms with E-state index in [0.717, 1.165) is 0 Å². The molecule has 58 valence electrons. The molecule has 0 aromatic rings. The van der Waals surface area contributed by atoms with Gasteiger partial charge in [-0.3, -0.25) is 4.79 Å². The molecule has 0 radical (unpaired) electrons. The summed E-state index contributed by atoms with van der Waals surface area (Å²) in [6, 6.07) is 0. The summed E-state index contributed by atoms with van der Waals surface area (Å²) < 4.78 is 25.6. The van der Waals surface area contributed by atoms with Crippen molar-refractivity contribution in [1.82, 2.24) is 0 Å². The molecule has 0 bridgehead atoms. The summed E-state index contributed by atoms with van der Waals surface area (Å²) in [5.74, 6) is -1.17. The molecule has 0 aromatic heterocycles. The van der Waals surface area contributed by atoms with Gasteiger partial charge < -0.3 is 4.18 Å². The van der Waals surface area contributed by atoms with Gasteiger partial charge in [0.05, 0.1) is 5.92 Å². The Hall–Kier alpha value is -0.580. The second kappa shape index (κ2) is 1.95. The Kier molecular flexibility index (Phi) is 1.47. The minimum absolute atomic E-state index is 0.523. The number of carbonyl (C=O) groups excluding carboxylic acids is 1. The van der Waals surface area contributed by atoms with E-state index in [0.29, 0.717) is 0 Å². The van der Waals surface area contributed by atoms with Crippen LogP contribution >= 0.6 is 0 Å². The first-order valence-corrected chi connectivity index (χ1v) is 4.39. The first kappa shape index (κ1) is 7.53. The normalized spacial score (nSPS) is 37.6. The van der Waals surface area contributed by atoms with Crippen LogP contribution in [0.5, 0.6) is 0 Å². The van der Waals surface area contributed by atoms with Crippen LogP contribution in [-0.2, 0) is 19.1 Å². The van der Waals surface area contributed by atoms with Crippen LogP contribution in [0.2, 0.25) is 0 Å². The number of rotatable bonds is 0. The second-order valence-electron chi connectivity index (χ2n) is 2.39. The molecule has 2 unspecified atom stereocenters. The molecule has 5 heteroatoms. The zero-order valence-electron chi connectivity index (χ0n) is 5.70. The SMILES string of the molecule is CC1C(=O)OS(=O)(=O)C1C. The molecule has 2 atom stereocenters. The maximum absolute atomic E-state index is 10.7. The molecule has 0 amide bonds. The number of carbonyl (C=O) groups is 1. The Morgan fingerprint density at radius 3 is 2.00 bits per heavy atom. The molecule has 0 spiro atoms. The molecule has 1 aliphatic rings. The highest BCUT2D eigenvalue weighted by Crippen LogP contribution is 2.23. The van der Waals surface area contributed by atoms with Gasteiger partial charge in [-0.2, -0.15) is 8.42 Å². The lowest BCUT2D eigenvalue weighted by molar-refractivity contribution is -0.135. The molecule has 0 aliphatic carbocycles. The molecule has 10 heavy (non-hydrogen) atoms. The van der Waals surface area contributed by atoms with E-state index in [1.54, 1.807) is 0 Å². The number of hydrogen-bond acceptors (Lipinski definition) is 4. The maximum atomic E-state index is 10.7. The highest BCUT2D eigenvalue weighted by Gasteiger charge is 2.42. The van der Waals surface area contributed by atoms with Crippen molar-refractivity contribution in [2.24, 2.45) is 5.92 Å². The van der Waals surface area contributed by atoms with Crippen LogP contribution in [0.4, 0.5) is 0 Å². The topological polar surface area (TPSA) is 60.4 Å². The van der Waals surface area contributed by atoms with E-state index >= 15 is 0 Å². The zero-order valence-corrected chi connectivity index (χ0v) is 6.51. The van der Waals surface area contributed by atoms with Crippen molar-refractivity contribution in [3.63, 3.8) is 0 Å². The fourth-order valence-corrected chi connectivity index (χ4v) is 1.85. The van der Waals surface area contributed by atoms with Crippen molar-refractivity contribution in [1.29, 1.82) is 0 Å². The predicted octanol–water partition coefficient (Wildman–Crippen LogP) is -0.102. The van der Waals surface area contributed by atoms with E-state index in [-0.39, 0.29) is 0 Å². The van der Waals surface area contributed by atoms with Crippen LogP contribution in [-0.4, -0.2) is 19.6 Å². The molecule has 1 aliphatic heterocycles. The molecule has 1 saturated heterocycles. The van der Waals surface area contributed by atoms with Gasteiger partial charge in [0.1, 0.15) is 5.25 Å². The minimum Gasteiger partial charge on any atom is -0.345 e. The van der Waals surface area contributed by atoms with E-state index in [4.69, 9.17) is 0 Å². The Bertz CT molecular complexity index is 253. The van der Waals surface area contributed by atoms with Crippen LogP contribution in [0.25, 0.3) is 0 Å². The Morgan fingerprint density at radius 1 is 1.40 bits per heavy atom. The van der Waals surface area contributed by atoms with Gasteiger partial charge >= 0.3 is 16.1 Å². The fraction of sp³-hybridized carbons (Fsp3) is 0.800. The minimum atomic E-state index is -3.57. The standard InChI is InChI=1S/C5H8O4S/c1-3-4(2)10(7,8)9-5(3)6/h3-4H,1-2H3. The first-order chi connectivity index (χ1) is 4.45. The molecular formula is C5H8O4S. The maximum Gasteiger partial charge on any atom is 0.326 e. The predicted molar refractivity (Wildman–Crippen MR) is 33.6 cm³/mol. The smallest absolute Gasteiger partial charge is 0.326 e. The average molecular weight is 164 g/mol. The largest absolute Gasteiger partial charge is 0.345 e. The van der Waals surface area contributed by atoms with Gasteiger partial charge in [-0.05, 0) is 6.92 Å². The van der Waals surface area contributed by atoms with Crippen molar-refractivity contribution in [3.05, 3.63) is 0 Å². The molecule has 0 aromatic carbocycles. The molecule has 1 rings (SSSR count). The lowest BCUT2D eigenvalue weighted by Crippen LogP contribution is -2.16. The van der Waals surface area contributed by atoms with Crippen molar-refractivity contribution < 1.29 is 17.4 Å². The highest BCUT2D eigenvalue weighted by molar-refractivity contribution is 7.88. The van der Waals surface area contributed by atoms with Crippen molar-refractivity contribution in [2.45, 2.75) is 19.1 Å². The Morgan fingerprint density at radius 2 is 1.90 bits per heavy atom. The summed E-state index contributed by atoms with van der Waals surface area (Å²) in [7, 11) is -3.57. The lowest BCUT2D eigenvalue weighted by Gasteiger charge is -1.98. The monoisotopic (exact) mass is 164 g/mol. The zero-order chi connectivity index (χ0) is 7.94. The van der Waals surface area contributed by atoms with Crippen LogP contribution in [0.3, 0.4) is 0 Å². The second-order valence-corrected chi connectivity index (χ2v) is 4.28. The van der Waals surface area contributed by atoms with E-state index < -0.39 is 27.3 Å². The van der Waals surface area contributed by atoms with Gasteiger partial charge in [-0.25, -0.2) is 0 Å². The average Bonchev–Trinajstić information content (AvgIpc) is 1.95. The lowest BCUT2D eigenvalue weighted by atomic mass is 10.1. The molecular weight excluding hydrogens is 156 g/mol. The quantitative estimate of drug-likeness (QED) is 0.469. The summed E-state index contributed by atoms with van der Waals surface area (Å²) >= 11 is 0. The van der Waals surface area contributed by atoms with Gasteiger partial charge in [-0.15, -0.1) is 0 Å². The van der Waals surface area contributed by atoms with Crippen LogP contribution in [0.15, 0.2) is 0 Å². The van der Waals surface area contributed by atoms with Gasteiger partial charge in [-0.1, -0.05) is 6.92 Å².